The van der Waals surface area contributed by atoms with E-state index in [2.05, 4.69) is 10.2 Å². The highest BCUT2D eigenvalue weighted by molar-refractivity contribution is 7.80. The van der Waals surface area contributed by atoms with E-state index in [0.29, 0.717) is 11.4 Å². The van der Waals surface area contributed by atoms with Crippen LogP contribution >= 0.6 is 12.2 Å². The molecule has 2 fully saturated rings. The van der Waals surface area contributed by atoms with Gasteiger partial charge in [-0.1, -0.05) is 12.1 Å². The number of aryl methyl sites for hydroxylation is 1. The molecule has 2 aliphatic rings. The molecule has 1 N–H and O–H groups in total. The molecule has 3 heterocycles. The van der Waals surface area contributed by atoms with Crippen LogP contribution in [-0.2, 0) is 9.59 Å². The third kappa shape index (κ3) is 3.57. The van der Waals surface area contributed by atoms with Gasteiger partial charge in [-0.15, -0.1) is 0 Å². The molecule has 0 radical (unpaired) electrons. The number of furan rings is 1. The minimum absolute atomic E-state index is 0.00495. The standard InChI is InChI=1S/C21H21N3O3S/c1-14-6-5-7-15(12-14)24-20(26)17(19(25)22-21(24)28)13-16-8-9-18(27-16)23-10-3-2-4-11-23/h5-9,12-13H,2-4,10-11H2,1H3,(H,22,25,28). The van der Waals surface area contributed by atoms with Crippen molar-refractivity contribution in [3.05, 3.63) is 53.3 Å². The Hall–Kier alpha value is -2.93. The zero-order valence-corrected chi connectivity index (χ0v) is 16.4. The molecular formula is C21H21N3O3S. The maximum absolute atomic E-state index is 13.0. The highest BCUT2D eigenvalue weighted by Gasteiger charge is 2.34. The van der Waals surface area contributed by atoms with E-state index >= 15 is 0 Å². The van der Waals surface area contributed by atoms with Gasteiger partial charge in [0.2, 0.25) is 0 Å². The minimum Gasteiger partial charge on any atom is -0.441 e. The van der Waals surface area contributed by atoms with Gasteiger partial charge in [0.25, 0.3) is 11.8 Å². The number of hydrogen-bond donors (Lipinski definition) is 1. The minimum atomic E-state index is -0.519. The van der Waals surface area contributed by atoms with E-state index in [4.69, 9.17) is 16.6 Å². The van der Waals surface area contributed by atoms with Crippen LogP contribution in [0.1, 0.15) is 30.6 Å². The zero-order valence-electron chi connectivity index (χ0n) is 15.6. The molecule has 6 nitrogen and oxygen atoms in total. The van der Waals surface area contributed by atoms with Crippen LogP contribution in [0, 0.1) is 6.92 Å². The molecule has 144 valence electrons. The second-order valence-electron chi connectivity index (χ2n) is 7.02. The highest BCUT2D eigenvalue weighted by Crippen LogP contribution is 2.26. The second kappa shape index (κ2) is 7.59. The van der Waals surface area contributed by atoms with Gasteiger partial charge in [-0.25, -0.2) is 0 Å². The Labute approximate surface area is 168 Å². The first-order valence-electron chi connectivity index (χ1n) is 9.36. The van der Waals surface area contributed by atoms with E-state index in [9.17, 15) is 9.59 Å². The van der Waals surface area contributed by atoms with Gasteiger partial charge in [0.15, 0.2) is 11.0 Å². The summed E-state index contributed by atoms with van der Waals surface area (Å²) in [6.45, 7) is 3.85. The maximum Gasteiger partial charge on any atom is 0.270 e. The summed E-state index contributed by atoms with van der Waals surface area (Å²) in [5.74, 6) is 0.252. The molecule has 2 amide bonds. The smallest absolute Gasteiger partial charge is 0.270 e. The molecule has 2 aromatic rings. The summed E-state index contributed by atoms with van der Waals surface area (Å²) in [7, 11) is 0. The van der Waals surface area contributed by atoms with Crippen LogP contribution in [0.15, 0.2) is 46.4 Å². The van der Waals surface area contributed by atoms with Crippen molar-refractivity contribution in [2.24, 2.45) is 0 Å². The van der Waals surface area contributed by atoms with Crippen LogP contribution in [-0.4, -0.2) is 30.0 Å². The monoisotopic (exact) mass is 395 g/mol. The predicted molar refractivity (Wildman–Crippen MR) is 112 cm³/mol. The fourth-order valence-electron chi connectivity index (χ4n) is 3.51. The lowest BCUT2D eigenvalue weighted by molar-refractivity contribution is -0.122. The van der Waals surface area contributed by atoms with Crippen molar-refractivity contribution in [3.8, 4) is 0 Å². The first kappa shape index (κ1) is 18.4. The number of thiocarbonyl (C=S) groups is 1. The Bertz CT molecular complexity index is 973. The average molecular weight is 395 g/mol. The Balaban J connectivity index is 1.63. The van der Waals surface area contributed by atoms with Gasteiger partial charge >= 0.3 is 0 Å². The summed E-state index contributed by atoms with van der Waals surface area (Å²) in [5.41, 5.74) is 1.61. The van der Waals surface area contributed by atoms with Crippen LogP contribution in [0.2, 0.25) is 0 Å². The molecule has 28 heavy (non-hydrogen) atoms. The van der Waals surface area contributed by atoms with E-state index < -0.39 is 11.8 Å². The SMILES string of the molecule is Cc1cccc(N2C(=O)C(=Cc3ccc(N4CCCCC4)o3)C(=O)NC2=S)c1. The van der Waals surface area contributed by atoms with E-state index in [1.807, 2.05) is 31.2 Å². The molecule has 0 atom stereocenters. The van der Waals surface area contributed by atoms with Crippen LogP contribution in [0.25, 0.3) is 6.08 Å². The molecule has 1 aromatic carbocycles. The second-order valence-corrected chi connectivity index (χ2v) is 7.41. The third-order valence-electron chi connectivity index (χ3n) is 4.93. The van der Waals surface area contributed by atoms with Crippen molar-refractivity contribution >= 4 is 46.8 Å². The van der Waals surface area contributed by atoms with Gasteiger partial charge in [-0.05, 0) is 68.2 Å². The van der Waals surface area contributed by atoms with Crippen LogP contribution in [0.5, 0.6) is 0 Å². The first-order chi connectivity index (χ1) is 13.5. The fraction of sp³-hybridized carbons (Fsp3) is 0.286. The van der Waals surface area contributed by atoms with Crippen LogP contribution in [0.3, 0.4) is 0 Å². The number of carbonyl (C=O) groups is 2. The number of benzene rings is 1. The van der Waals surface area contributed by atoms with Crippen molar-refractivity contribution < 1.29 is 14.0 Å². The fourth-order valence-corrected chi connectivity index (χ4v) is 3.79. The third-order valence-corrected chi connectivity index (χ3v) is 5.21. The summed E-state index contributed by atoms with van der Waals surface area (Å²) in [5, 5.41) is 2.67. The lowest BCUT2D eigenvalue weighted by Crippen LogP contribution is -2.54. The van der Waals surface area contributed by atoms with Crippen molar-refractivity contribution in [2.45, 2.75) is 26.2 Å². The molecular weight excluding hydrogens is 374 g/mol. The molecule has 0 unspecified atom stereocenters. The van der Waals surface area contributed by atoms with Gasteiger partial charge in [-0.3, -0.25) is 19.8 Å². The number of amides is 2. The number of hydrogen-bond acceptors (Lipinski definition) is 5. The van der Waals surface area contributed by atoms with Crippen molar-refractivity contribution in [3.63, 3.8) is 0 Å². The molecule has 0 saturated carbocycles. The number of anilines is 2. The highest BCUT2D eigenvalue weighted by atomic mass is 32.1. The maximum atomic E-state index is 13.0. The number of nitrogens with one attached hydrogen (secondary N) is 1. The molecule has 1 aromatic heterocycles. The Morgan fingerprint density at radius 2 is 1.89 bits per heavy atom. The zero-order chi connectivity index (χ0) is 19.7. The normalized spacial score (nSPS) is 19.3. The van der Waals surface area contributed by atoms with Gasteiger partial charge < -0.3 is 9.32 Å². The Kier molecular flexibility index (Phi) is 5.00. The van der Waals surface area contributed by atoms with Crippen LogP contribution < -0.4 is 15.1 Å². The lowest BCUT2D eigenvalue weighted by atomic mass is 10.1. The van der Waals surface area contributed by atoms with E-state index in [-0.39, 0.29) is 10.7 Å². The number of rotatable bonds is 3. The average Bonchev–Trinajstić information content (AvgIpc) is 3.14. The summed E-state index contributed by atoms with van der Waals surface area (Å²) >= 11 is 5.23. The largest absolute Gasteiger partial charge is 0.441 e. The molecule has 4 rings (SSSR count). The van der Waals surface area contributed by atoms with Gasteiger partial charge in [-0.2, -0.15) is 0 Å². The molecule has 2 aliphatic heterocycles. The topological polar surface area (TPSA) is 65.8 Å². The molecule has 2 saturated heterocycles. The van der Waals surface area contributed by atoms with Crippen LogP contribution in [0.4, 0.5) is 11.6 Å². The number of piperidine rings is 1. The van der Waals surface area contributed by atoms with E-state index in [1.165, 1.54) is 17.4 Å². The van der Waals surface area contributed by atoms with Gasteiger partial charge in [0.05, 0.1) is 5.69 Å². The Morgan fingerprint density at radius 3 is 2.64 bits per heavy atom. The molecule has 0 bridgehead atoms. The number of carbonyl (C=O) groups excluding carboxylic acids is 2. The first-order valence-corrected chi connectivity index (χ1v) is 9.77. The summed E-state index contributed by atoms with van der Waals surface area (Å²) < 4.78 is 5.88. The van der Waals surface area contributed by atoms with Crippen molar-refractivity contribution in [2.75, 3.05) is 22.9 Å². The summed E-state index contributed by atoms with van der Waals surface area (Å²) in [6.07, 6.45) is 5.00. The summed E-state index contributed by atoms with van der Waals surface area (Å²) in [4.78, 5) is 29.0. The summed E-state index contributed by atoms with van der Waals surface area (Å²) in [6, 6.07) is 11.1. The lowest BCUT2D eigenvalue weighted by Gasteiger charge is -2.29. The molecule has 7 heteroatoms. The Morgan fingerprint density at radius 1 is 1.11 bits per heavy atom. The number of nitrogens with zero attached hydrogens (tertiary/aromatic N) is 2. The van der Waals surface area contributed by atoms with Gasteiger partial charge in [0.1, 0.15) is 11.3 Å². The quantitative estimate of drug-likeness (QED) is 0.490. The van der Waals surface area contributed by atoms with Crippen molar-refractivity contribution in [1.82, 2.24) is 5.32 Å². The van der Waals surface area contributed by atoms with Crippen molar-refractivity contribution in [1.29, 1.82) is 0 Å². The van der Waals surface area contributed by atoms with Gasteiger partial charge in [0, 0.05) is 19.2 Å². The molecule has 0 spiro atoms. The predicted octanol–water partition coefficient (Wildman–Crippen LogP) is 3.41. The van der Waals surface area contributed by atoms with E-state index in [1.54, 1.807) is 12.1 Å². The molecule has 0 aliphatic carbocycles. The van der Waals surface area contributed by atoms with E-state index in [0.717, 1.165) is 37.4 Å².